The van der Waals surface area contributed by atoms with E-state index in [1.54, 1.807) is 12.0 Å². The molecule has 0 bridgehead atoms. The van der Waals surface area contributed by atoms with Gasteiger partial charge in [0.15, 0.2) is 0 Å². The van der Waals surface area contributed by atoms with Crippen LogP contribution in [0.2, 0.25) is 0 Å². The fraction of sp³-hybridized carbons (Fsp3) is 0.318. The molecular formula is C22H23N3O4. The molecule has 7 heteroatoms. The van der Waals surface area contributed by atoms with E-state index in [2.05, 4.69) is 5.32 Å². The van der Waals surface area contributed by atoms with Crippen molar-refractivity contribution in [2.75, 3.05) is 26.7 Å². The second-order valence-electron chi connectivity index (χ2n) is 7.26. The van der Waals surface area contributed by atoms with Gasteiger partial charge in [-0.15, -0.1) is 0 Å². The summed E-state index contributed by atoms with van der Waals surface area (Å²) in [5.74, 6) is 0.571. The normalized spacial score (nSPS) is 17.4. The van der Waals surface area contributed by atoms with E-state index >= 15 is 0 Å². The van der Waals surface area contributed by atoms with Gasteiger partial charge < -0.3 is 15.0 Å². The number of rotatable bonds is 4. The number of urea groups is 1. The molecule has 0 atom stereocenters. The van der Waals surface area contributed by atoms with Gasteiger partial charge in [0.2, 0.25) is 5.91 Å². The molecule has 2 heterocycles. The molecule has 1 N–H and O–H groups in total. The smallest absolute Gasteiger partial charge is 0.324 e. The summed E-state index contributed by atoms with van der Waals surface area (Å²) in [4.78, 5) is 39.6. The van der Waals surface area contributed by atoms with Crippen molar-refractivity contribution in [1.29, 1.82) is 0 Å². The maximum Gasteiger partial charge on any atom is 0.324 e. The Kier molecular flexibility index (Phi) is 5.20. The summed E-state index contributed by atoms with van der Waals surface area (Å²) in [5, 5.41) is 2.55. The van der Waals surface area contributed by atoms with Crippen molar-refractivity contribution in [2.24, 2.45) is 0 Å². The topological polar surface area (TPSA) is 79.0 Å². The highest BCUT2D eigenvalue weighted by Gasteiger charge is 2.37. The summed E-state index contributed by atoms with van der Waals surface area (Å²) in [6, 6.07) is 14.9. The standard InChI is InChI=1S/C22H23N3O4/c1-29-19-4-2-3-17(13-19)15-5-7-16(8-6-15)21(27)24-11-9-18(10-12-24)25-20(26)14-23-22(25)28/h2-8,13,18H,9-12,14H2,1H3,(H,23,28). The minimum Gasteiger partial charge on any atom is -0.497 e. The van der Waals surface area contributed by atoms with Crippen LogP contribution < -0.4 is 10.1 Å². The van der Waals surface area contributed by atoms with Crippen LogP contribution in [0.4, 0.5) is 4.79 Å². The third-order valence-corrected chi connectivity index (χ3v) is 5.53. The number of amides is 4. The van der Waals surface area contributed by atoms with Crippen molar-refractivity contribution in [2.45, 2.75) is 18.9 Å². The van der Waals surface area contributed by atoms with E-state index in [0.717, 1.165) is 16.9 Å². The fourth-order valence-corrected chi connectivity index (χ4v) is 3.92. The number of hydrogen-bond acceptors (Lipinski definition) is 4. The monoisotopic (exact) mass is 393 g/mol. The van der Waals surface area contributed by atoms with Crippen LogP contribution in [0.1, 0.15) is 23.2 Å². The summed E-state index contributed by atoms with van der Waals surface area (Å²) < 4.78 is 5.27. The number of nitrogens with one attached hydrogen (secondary N) is 1. The van der Waals surface area contributed by atoms with Gasteiger partial charge in [-0.05, 0) is 48.2 Å². The van der Waals surface area contributed by atoms with Gasteiger partial charge in [0.25, 0.3) is 5.91 Å². The molecule has 0 radical (unpaired) electrons. The zero-order valence-electron chi connectivity index (χ0n) is 16.3. The van der Waals surface area contributed by atoms with E-state index < -0.39 is 0 Å². The number of hydrogen-bond donors (Lipinski definition) is 1. The van der Waals surface area contributed by atoms with Gasteiger partial charge in [0.1, 0.15) is 5.75 Å². The number of benzene rings is 2. The second-order valence-corrected chi connectivity index (χ2v) is 7.26. The van der Waals surface area contributed by atoms with Crippen LogP contribution in [0.5, 0.6) is 5.75 Å². The van der Waals surface area contributed by atoms with Crippen LogP contribution in [-0.2, 0) is 4.79 Å². The number of piperidine rings is 1. The summed E-state index contributed by atoms with van der Waals surface area (Å²) >= 11 is 0. The lowest BCUT2D eigenvalue weighted by Gasteiger charge is -2.35. The Morgan fingerprint density at radius 1 is 1.03 bits per heavy atom. The lowest BCUT2D eigenvalue weighted by atomic mass is 10.0. The Morgan fingerprint density at radius 3 is 2.38 bits per heavy atom. The molecule has 150 valence electrons. The van der Waals surface area contributed by atoms with Crippen LogP contribution in [-0.4, -0.2) is 60.4 Å². The Labute approximate surface area is 169 Å². The highest BCUT2D eigenvalue weighted by atomic mass is 16.5. The zero-order chi connectivity index (χ0) is 20.4. The first-order valence-electron chi connectivity index (χ1n) is 9.70. The number of carbonyl (C=O) groups excluding carboxylic acids is 3. The molecule has 2 aliphatic rings. The fourth-order valence-electron chi connectivity index (χ4n) is 3.92. The zero-order valence-corrected chi connectivity index (χ0v) is 16.3. The summed E-state index contributed by atoms with van der Waals surface area (Å²) in [5.41, 5.74) is 2.67. The molecule has 29 heavy (non-hydrogen) atoms. The summed E-state index contributed by atoms with van der Waals surface area (Å²) in [6.45, 7) is 1.12. The Bertz CT molecular complexity index is 917. The number of likely N-dealkylation sites (tertiary alicyclic amines) is 1. The molecule has 2 fully saturated rings. The molecule has 0 saturated carbocycles. The van der Waals surface area contributed by atoms with Gasteiger partial charge in [-0.1, -0.05) is 24.3 Å². The van der Waals surface area contributed by atoms with E-state index in [0.29, 0.717) is 31.5 Å². The third-order valence-electron chi connectivity index (χ3n) is 5.53. The molecule has 2 saturated heterocycles. The van der Waals surface area contributed by atoms with Crippen LogP contribution >= 0.6 is 0 Å². The lowest BCUT2D eigenvalue weighted by Crippen LogP contribution is -2.49. The number of carbonyl (C=O) groups is 3. The molecule has 4 rings (SSSR count). The van der Waals surface area contributed by atoms with Gasteiger partial charge in [-0.25, -0.2) is 4.79 Å². The SMILES string of the molecule is COc1cccc(-c2ccc(C(=O)N3CCC(N4C(=O)CNC4=O)CC3)cc2)c1. The van der Waals surface area contributed by atoms with Gasteiger partial charge >= 0.3 is 6.03 Å². The van der Waals surface area contributed by atoms with E-state index in [-0.39, 0.29) is 30.4 Å². The molecule has 0 aliphatic carbocycles. The van der Waals surface area contributed by atoms with Gasteiger partial charge in [-0.3, -0.25) is 14.5 Å². The van der Waals surface area contributed by atoms with Crippen molar-refractivity contribution in [3.63, 3.8) is 0 Å². The van der Waals surface area contributed by atoms with E-state index in [9.17, 15) is 14.4 Å². The minimum atomic E-state index is -0.326. The van der Waals surface area contributed by atoms with Gasteiger partial charge in [0.05, 0.1) is 13.7 Å². The molecule has 4 amide bonds. The Morgan fingerprint density at radius 2 is 1.76 bits per heavy atom. The molecule has 0 aromatic heterocycles. The van der Waals surface area contributed by atoms with Crippen LogP contribution in [0.3, 0.4) is 0 Å². The Balaban J connectivity index is 1.40. The first kappa shape index (κ1) is 19.0. The number of imide groups is 1. The second kappa shape index (κ2) is 7.95. The van der Waals surface area contributed by atoms with Crippen molar-refractivity contribution in [1.82, 2.24) is 15.1 Å². The van der Waals surface area contributed by atoms with E-state index in [4.69, 9.17) is 4.74 Å². The maximum atomic E-state index is 12.9. The van der Waals surface area contributed by atoms with Crippen molar-refractivity contribution < 1.29 is 19.1 Å². The molecule has 2 aromatic rings. The largest absolute Gasteiger partial charge is 0.497 e. The van der Waals surface area contributed by atoms with Crippen LogP contribution in [0.25, 0.3) is 11.1 Å². The van der Waals surface area contributed by atoms with Gasteiger partial charge in [-0.2, -0.15) is 0 Å². The molecule has 7 nitrogen and oxygen atoms in total. The predicted molar refractivity (Wildman–Crippen MR) is 108 cm³/mol. The first-order valence-corrected chi connectivity index (χ1v) is 9.70. The number of ether oxygens (including phenoxy) is 1. The molecule has 2 aromatic carbocycles. The number of methoxy groups -OCH3 is 1. The summed E-state index contributed by atoms with van der Waals surface area (Å²) in [7, 11) is 1.64. The van der Waals surface area contributed by atoms with E-state index in [1.807, 2.05) is 48.5 Å². The van der Waals surface area contributed by atoms with E-state index in [1.165, 1.54) is 4.90 Å². The molecule has 0 spiro atoms. The quantitative estimate of drug-likeness (QED) is 0.810. The highest BCUT2D eigenvalue weighted by Crippen LogP contribution is 2.25. The van der Waals surface area contributed by atoms with Crippen molar-refractivity contribution >= 4 is 17.8 Å². The van der Waals surface area contributed by atoms with Crippen molar-refractivity contribution in [3.05, 3.63) is 54.1 Å². The average molecular weight is 393 g/mol. The molecular weight excluding hydrogens is 370 g/mol. The predicted octanol–water partition coefficient (Wildman–Crippen LogP) is 2.52. The lowest BCUT2D eigenvalue weighted by molar-refractivity contribution is -0.127. The molecule has 2 aliphatic heterocycles. The van der Waals surface area contributed by atoms with Crippen LogP contribution in [0.15, 0.2) is 48.5 Å². The maximum absolute atomic E-state index is 12.9. The average Bonchev–Trinajstić information content (AvgIpc) is 3.11. The Hall–Kier alpha value is -3.35. The van der Waals surface area contributed by atoms with Crippen LogP contribution in [0, 0.1) is 0 Å². The van der Waals surface area contributed by atoms with Crippen molar-refractivity contribution in [3.8, 4) is 16.9 Å². The number of nitrogens with zero attached hydrogens (tertiary/aromatic N) is 2. The molecule has 0 unspecified atom stereocenters. The van der Waals surface area contributed by atoms with Gasteiger partial charge in [0, 0.05) is 24.7 Å². The third kappa shape index (κ3) is 3.81. The highest BCUT2D eigenvalue weighted by molar-refractivity contribution is 6.02. The summed E-state index contributed by atoms with van der Waals surface area (Å²) in [6.07, 6.45) is 1.21. The first-order chi connectivity index (χ1) is 14.1. The minimum absolute atomic E-state index is 0.0298.